The summed E-state index contributed by atoms with van der Waals surface area (Å²) in [7, 11) is 0. The molecule has 4 aromatic carbocycles. The summed E-state index contributed by atoms with van der Waals surface area (Å²) in [4.78, 5) is 29.6. The van der Waals surface area contributed by atoms with E-state index in [1.165, 1.54) is 27.2 Å². The molecule has 0 unspecified atom stereocenters. The maximum atomic E-state index is 14.2. The number of rotatable bonds is 3. The third kappa shape index (κ3) is 2.70. The van der Waals surface area contributed by atoms with E-state index in [2.05, 4.69) is 24.3 Å². The van der Waals surface area contributed by atoms with Gasteiger partial charge in [0, 0.05) is 11.8 Å². The number of amides is 2. The maximum Gasteiger partial charge on any atom is 0.241 e. The molecule has 0 spiro atoms. The molecule has 1 heterocycles. The first-order valence-corrected chi connectivity index (χ1v) is 12.4. The Morgan fingerprint density at radius 2 is 1.19 bits per heavy atom. The van der Waals surface area contributed by atoms with E-state index in [0.717, 1.165) is 11.3 Å². The second-order valence-corrected chi connectivity index (χ2v) is 10.3. The lowest BCUT2D eigenvalue weighted by Crippen LogP contribution is -2.49. The van der Waals surface area contributed by atoms with E-state index >= 15 is 0 Å². The first-order valence-electron chi connectivity index (χ1n) is 12.4. The Labute approximate surface area is 210 Å². The average Bonchev–Trinajstić information content (AvgIpc) is 3.11. The van der Waals surface area contributed by atoms with Crippen molar-refractivity contribution in [1.29, 1.82) is 0 Å². The van der Waals surface area contributed by atoms with E-state index in [9.17, 15) is 9.59 Å². The molecule has 4 heteroatoms. The van der Waals surface area contributed by atoms with Gasteiger partial charge in [-0.05, 0) is 72.5 Å². The van der Waals surface area contributed by atoms with Crippen LogP contribution in [-0.4, -0.2) is 11.8 Å². The number of ether oxygens (including phenoxy) is 1. The highest BCUT2D eigenvalue weighted by Gasteiger charge is 2.68. The van der Waals surface area contributed by atoms with Crippen LogP contribution in [0.4, 0.5) is 5.69 Å². The summed E-state index contributed by atoms with van der Waals surface area (Å²) in [5, 5.41) is 0. The molecule has 4 nitrogen and oxygen atoms in total. The molecule has 2 amide bonds. The Morgan fingerprint density at radius 3 is 1.75 bits per heavy atom. The van der Waals surface area contributed by atoms with Crippen molar-refractivity contribution in [2.45, 2.75) is 25.7 Å². The molecule has 2 atom stereocenters. The largest absolute Gasteiger partial charge is 0.457 e. The van der Waals surface area contributed by atoms with Gasteiger partial charge in [0.2, 0.25) is 11.8 Å². The van der Waals surface area contributed by atoms with Crippen LogP contribution in [0.1, 0.15) is 46.6 Å². The Kier molecular flexibility index (Phi) is 4.35. The van der Waals surface area contributed by atoms with Gasteiger partial charge in [0.1, 0.15) is 11.5 Å². The molecule has 8 rings (SSSR count). The number of nitrogens with zero attached hydrogens (tertiary/aromatic N) is 1. The minimum Gasteiger partial charge on any atom is -0.457 e. The third-order valence-corrected chi connectivity index (χ3v) is 8.37. The zero-order valence-corrected chi connectivity index (χ0v) is 20.1. The number of benzene rings is 4. The standard InChI is InChI=1S/C32H25NO3/c1-19-11-15-21(16-12-19)36-22-17-13-20(14-18-22)33-30(34)29-27-23-7-3-5-9-25(23)28(32(29,2)31(33)35)26-10-6-4-8-24(26)27/h3-18,27-29H,1-2H3/t27?,28?,29-,32+/m0/s1. The molecule has 0 aromatic heterocycles. The Balaban J connectivity index is 1.28. The molecule has 36 heavy (non-hydrogen) atoms. The predicted molar refractivity (Wildman–Crippen MR) is 138 cm³/mol. The van der Waals surface area contributed by atoms with Gasteiger partial charge in [0.05, 0.1) is 17.0 Å². The number of hydrogen-bond donors (Lipinski definition) is 0. The van der Waals surface area contributed by atoms with Crippen molar-refractivity contribution in [3.8, 4) is 11.5 Å². The minimum absolute atomic E-state index is 0.117. The number of carbonyl (C=O) groups is 2. The molecule has 0 radical (unpaired) electrons. The van der Waals surface area contributed by atoms with Gasteiger partial charge >= 0.3 is 0 Å². The van der Waals surface area contributed by atoms with Crippen molar-refractivity contribution in [2.75, 3.05) is 4.90 Å². The Bertz CT molecular complexity index is 1490. The highest BCUT2D eigenvalue weighted by Crippen LogP contribution is 2.67. The lowest BCUT2D eigenvalue weighted by molar-refractivity contribution is -0.128. The summed E-state index contributed by atoms with van der Waals surface area (Å²) in [6, 6.07) is 31.7. The van der Waals surface area contributed by atoms with Crippen LogP contribution in [0.25, 0.3) is 0 Å². The summed E-state index contributed by atoms with van der Waals surface area (Å²) in [6.45, 7) is 4.03. The fourth-order valence-corrected chi connectivity index (χ4v) is 6.77. The van der Waals surface area contributed by atoms with Crippen molar-refractivity contribution < 1.29 is 14.3 Å². The zero-order valence-electron chi connectivity index (χ0n) is 20.1. The molecule has 1 aliphatic heterocycles. The molecule has 176 valence electrons. The van der Waals surface area contributed by atoms with E-state index in [1.807, 2.05) is 86.6 Å². The van der Waals surface area contributed by atoms with Gasteiger partial charge < -0.3 is 4.74 Å². The molecule has 4 aliphatic rings. The number of anilines is 1. The highest BCUT2D eigenvalue weighted by atomic mass is 16.5. The zero-order chi connectivity index (χ0) is 24.6. The molecular formula is C32H25NO3. The Hall–Kier alpha value is -4.18. The van der Waals surface area contributed by atoms with Crippen molar-refractivity contribution in [1.82, 2.24) is 0 Å². The maximum absolute atomic E-state index is 14.2. The first kappa shape index (κ1) is 21.1. The summed E-state index contributed by atoms with van der Waals surface area (Å²) < 4.78 is 5.96. The lowest BCUT2D eigenvalue weighted by atomic mass is 9.48. The van der Waals surface area contributed by atoms with Crippen LogP contribution in [0.3, 0.4) is 0 Å². The van der Waals surface area contributed by atoms with Crippen LogP contribution in [0, 0.1) is 18.3 Å². The Morgan fingerprint density at radius 1 is 0.694 bits per heavy atom. The number of hydrogen-bond acceptors (Lipinski definition) is 3. The molecule has 4 aromatic rings. The third-order valence-electron chi connectivity index (χ3n) is 8.37. The van der Waals surface area contributed by atoms with E-state index in [4.69, 9.17) is 4.74 Å². The number of carbonyl (C=O) groups excluding carboxylic acids is 2. The summed E-state index contributed by atoms with van der Waals surface area (Å²) in [5.41, 5.74) is 5.61. The van der Waals surface area contributed by atoms with Crippen molar-refractivity contribution in [3.05, 3.63) is 125 Å². The molecule has 0 N–H and O–H groups in total. The van der Waals surface area contributed by atoms with Gasteiger partial charge in [-0.3, -0.25) is 9.59 Å². The lowest BCUT2D eigenvalue weighted by Gasteiger charge is -2.51. The van der Waals surface area contributed by atoms with E-state index in [-0.39, 0.29) is 23.7 Å². The summed E-state index contributed by atoms with van der Waals surface area (Å²) >= 11 is 0. The molecular weight excluding hydrogens is 446 g/mol. The number of aryl methyl sites for hydroxylation is 1. The van der Waals surface area contributed by atoms with Crippen LogP contribution in [-0.2, 0) is 9.59 Å². The van der Waals surface area contributed by atoms with E-state index < -0.39 is 11.3 Å². The topological polar surface area (TPSA) is 46.6 Å². The van der Waals surface area contributed by atoms with Gasteiger partial charge in [0.25, 0.3) is 0 Å². The van der Waals surface area contributed by atoms with Crippen molar-refractivity contribution in [3.63, 3.8) is 0 Å². The molecule has 1 fully saturated rings. The average molecular weight is 472 g/mol. The van der Waals surface area contributed by atoms with Crippen LogP contribution < -0.4 is 9.64 Å². The van der Waals surface area contributed by atoms with Gasteiger partial charge in [-0.25, -0.2) is 4.90 Å². The quantitative estimate of drug-likeness (QED) is 0.317. The van der Waals surface area contributed by atoms with Crippen LogP contribution >= 0.6 is 0 Å². The summed E-state index contributed by atoms with van der Waals surface area (Å²) in [6.07, 6.45) is 0. The monoisotopic (exact) mass is 471 g/mol. The minimum atomic E-state index is -0.832. The SMILES string of the molecule is Cc1ccc(Oc2ccc(N3C(=O)[C@@H]4C5c6ccccc6C(c6ccccc65)[C@@]4(C)C3=O)cc2)cc1. The molecule has 1 saturated heterocycles. The van der Waals surface area contributed by atoms with Gasteiger partial charge in [0.15, 0.2) is 0 Å². The second kappa shape index (κ2) is 7.41. The van der Waals surface area contributed by atoms with Crippen molar-refractivity contribution in [2.24, 2.45) is 11.3 Å². The fourth-order valence-electron chi connectivity index (χ4n) is 6.77. The second-order valence-electron chi connectivity index (χ2n) is 10.3. The molecule has 3 aliphatic carbocycles. The van der Waals surface area contributed by atoms with Crippen LogP contribution in [0.15, 0.2) is 97.1 Å². The molecule has 2 bridgehead atoms. The fraction of sp³-hybridized carbons (Fsp3) is 0.188. The van der Waals surface area contributed by atoms with Crippen LogP contribution in [0.5, 0.6) is 11.5 Å². The normalized spacial score (nSPS) is 25.4. The molecule has 0 saturated carbocycles. The number of imide groups is 1. The summed E-state index contributed by atoms with van der Waals surface area (Å²) in [5.74, 6) is 0.460. The smallest absolute Gasteiger partial charge is 0.241 e. The van der Waals surface area contributed by atoms with E-state index in [0.29, 0.717) is 11.4 Å². The van der Waals surface area contributed by atoms with Gasteiger partial charge in [-0.15, -0.1) is 0 Å². The van der Waals surface area contributed by atoms with Crippen molar-refractivity contribution >= 4 is 17.5 Å². The van der Waals surface area contributed by atoms with Gasteiger partial charge in [-0.1, -0.05) is 66.2 Å². The van der Waals surface area contributed by atoms with E-state index in [1.54, 1.807) is 0 Å². The highest BCUT2D eigenvalue weighted by molar-refractivity contribution is 6.25. The van der Waals surface area contributed by atoms with Gasteiger partial charge in [-0.2, -0.15) is 0 Å². The first-order chi connectivity index (χ1) is 17.5. The predicted octanol–water partition coefficient (Wildman–Crippen LogP) is 6.57. The van der Waals surface area contributed by atoms with Crippen LogP contribution in [0.2, 0.25) is 0 Å².